The lowest BCUT2D eigenvalue weighted by molar-refractivity contribution is 0.687. The minimum atomic E-state index is -0.108. The SMILES string of the molecule is Cn1ccc(Cn2cnc3ccc(N)cc3c2=O)n1. The smallest absolute Gasteiger partial charge is 0.261 e. The molecule has 19 heavy (non-hydrogen) atoms. The Balaban J connectivity index is 2.09. The Morgan fingerprint density at radius 3 is 2.89 bits per heavy atom. The van der Waals surface area contributed by atoms with Crippen LogP contribution in [0.5, 0.6) is 0 Å². The molecule has 0 amide bonds. The van der Waals surface area contributed by atoms with E-state index in [2.05, 4.69) is 10.1 Å². The molecule has 2 aromatic heterocycles. The molecule has 0 saturated carbocycles. The van der Waals surface area contributed by atoms with Crippen LogP contribution in [0.1, 0.15) is 5.69 Å². The highest BCUT2D eigenvalue weighted by Gasteiger charge is 2.06. The topological polar surface area (TPSA) is 78.7 Å². The Hall–Kier alpha value is -2.63. The molecule has 0 fully saturated rings. The molecule has 3 rings (SSSR count). The molecule has 0 saturated heterocycles. The minimum Gasteiger partial charge on any atom is -0.399 e. The van der Waals surface area contributed by atoms with Crippen molar-refractivity contribution in [1.29, 1.82) is 0 Å². The van der Waals surface area contributed by atoms with Gasteiger partial charge in [-0.3, -0.25) is 14.0 Å². The lowest BCUT2D eigenvalue weighted by atomic mass is 10.2. The molecular formula is C13H13N5O. The average Bonchev–Trinajstić information content (AvgIpc) is 2.79. The summed E-state index contributed by atoms with van der Waals surface area (Å²) in [5, 5.41) is 4.78. The summed E-state index contributed by atoms with van der Waals surface area (Å²) in [5.74, 6) is 0. The predicted octanol–water partition coefficient (Wildman–Crippen LogP) is 0.760. The van der Waals surface area contributed by atoms with Crippen molar-refractivity contribution in [1.82, 2.24) is 19.3 Å². The molecule has 0 aliphatic rings. The molecule has 0 atom stereocenters. The molecule has 96 valence electrons. The third kappa shape index (κ3) is 2.08. The predicted molar refractivity (Wildman–Crippen MR) is 72.7 cm³/mol. The molecule has 0 bridgehead atoms. The molecule has 6 nitrogen and oxygen atoms in total. The first-order valence-electron chi connectivity index (χ1n) is 5.87. The van der Waals surface area contributed by atoms with Gasteiger partial charge in [0.05, 0.1) is 29.5 Å². The van der Waals surface area contributed by atoms with Crippen LogP contribution in [0.4, 0.5) is 5.69 Å². The number of anilines is 1. The fourth-order valence-electron chi connectivity index (χ4n) is 2.01. The zero-order valence-electron chi connectivity index (χ0n) is 10.4. The molecule has 2 N–H and O–H groups in total. The number of nitrogens with two attached hydrogens (primary N) is 1. The van der Waals surface area contributed by atoms with Crippen molar-refractivity contribution in [3.8, 4) is 0 Å². The molecule has 0 aliphatic heterocycles. The second-order valence-electron chi connectivity index (χ2n) is 4.43. The fraction of sp³-hybridized carbons (Fsp3) is 0.154. The number of hydrogen-bond donors (Lipinski definition) is 1. The van der Waals surface area contributed by atoms with Crippen LogP contribution in [0.15, 0.2) is 41.6 Å². The average molecular weight is 255 g/mol. The summed E-state index contributed by atoms with van der Waals surface area (Å²) < 4.78 is 3.23. The van der Waals surface area contributed by atoms with Gasteiger partial charge in [-0.15, -0.1) is 0 Å². The van der Waals surface area contributed by atoms with Crippen LogP contribution in [0.3, 0.4) is 0 Å². The number of fused-ring (bicyclic) bond motifs is 1. The number of nitrogens with zero attached hydrogens (tertiary/aromatic N) is 4. The first kappa shape index (κ1) is 11.5. The zero-order valence-corrected chi connectivity index (χ0v) is 10.4. The van der Waals surface area contributed by atoms with Crippen molar-refractivity contribution in [3.05, 3.63) is 52.8 Å². The molecule has 0 spiro atoms. The quantitative estimate of drug-likeness (QED) is 0.686. The number of hydrogen-bond acceptors (Lipinski definition) is 4. The Labute approximate surface area is 109 Å². The Kier molecular flexibility index (Phi) is 2.56. The Bertz CT molecular complexity index is 802. The Morgan fingerprint density at radius 1 is 1.32 bits per heavy atom. The van der Waals surface area contributed by atoms with E-state index in [1.807, 2.05) is 19.3 Å². The van der Waals surface area contributed by atoms with Gasteiger partial charge in [0.25, 0.3) is 5.56 Å². The molecule has 0 aliphatic carbocycles. The van der Waals surface area contributed by atoms with Gasteiger partial charge in [0.2, 0.25) is 0 Å². The van der Waals surface area contributed by atoms with E-state index in [1.165, 1.54) is 10.9 Å². The molecule has 3 aromatic rings. The van der Waals surface area contributed by atoms with E-state index in [1.54, 1.807) is 22.9 Å². The normalized spacial score (nSPS) is 11.0. The third-order valence-electron chi connectivity index (χ3n) is 2.95. The molecule has 1 aromatic carbocycles. The first-order valence-corrected chi connectivity index (χ1v) is 5.87. The van der Waals surface area contributed by atoms with Crippen molar-refractivity contribution in [2.24, 2.45) is 7.05 Å². The van der Waals surface area contributed by atoms with Gasteiger partial charge < -0.3 is 5.73 Å². The minimum absolute atomic E-state index is 0.108. The van der Waals surface area contributed by atoms with Crippen LogP contribution in [0.2, 0.25) is 0 Å². The highest BCUT2D eigenvalue weighted by Crippen LogP contribution is 2.11. The maximum Gasteiger partial charge on any atom is 0.261 e. The maximum absolute atomic E-state index is 12.3. The first-order chi connectivity index (χ1) is 9.13. The molecule has 0 radical (unpaired) electrons. The Morgan fingerprint density at radius 2 is 2.16 bits per heavy atom. The summed E-state index contributed by atoms with van der Waals surface area (Å²) in [6.07, 6.45) is 3.38. The van der Waals surface area contributed by atoms with Gasteiger partial charge >= 0.3 is 0 Å². The summed E-state index contributed by atoms with van der Waals surface area (Å²) in [7, 11) is 1.84. The van der Waals surface area contributed by atoms with E-state index in [0.29, 0.717) is 23.1 Å². The van der Waals surface area contributed by atoms with Crippen molar-refractivity contribution in [2.75, 3.05) is 5.73 Å². The molecule has 0 unspecified atom stereocenters. The number of rotatable bonds is 2. The largest absolute Gasteiger partial charge is 0.399 e. The second kappa shape index (κ2) is 4.24. The lowest BCUT2D eigenvalue weighted by Gasteiger charge is -2.05. The van der Waals surface area contributed by atoms with Gasteiger partial charge in [-0.1, -0.05) is 0 Å². The lowest BCUT2D eigenvalue weighted by Crippen LogP contribution is -2.21. The van der Waals surface area contributed by atoms with Gasteiger partial charge in [-0.05, 0) is 24.3 Å². The van der Waals surface area contributed by atoms with E-state index in [9.17, 15) is 4.79 Å². The molecule has 2 heterocycles. The molecular weight excluding hydrogens is 242 g/mol. The van der Waals surface area contributed by atoms with Crippen molar-refractivity contribution < 1.29 is 0 Å². The van der Waals surface area contributed by atoms with Gasteiger partial charge in [0, 0.05) is 18.9 Å². The van der Waals surface area contributed by atoms with Crippen LogP contribution in [0.25, 0.3) is 10.9 Å². The van der Waals surface area contributed by atoms with E-state index in [0.717, 1.165) is 5.69 Å². The standard InChI is InChI=1S/C13H13N5O/c1-17-5-4-10(16-17)7-18-8-15-12-3-2-9(14)6-11(12)13(18)19/h2-6,8H,7,14H2,1H3. The number of benzene rings is 1. The number of nitrogen functional groups attached to an aromatic ring is 1. The van der Waals surface area contributed by atoms with Crippen LogP contribution >= 0.6 is 0 Å². The maximum atomic E-state index is 12.3. The van der Waals surface area contributed by atoms with Gasteiger partial charge in [0.1, 0.15) is 0 Å². The number of aryl methyl sites for hydroxylation is 1. The second-order valence-corrected chi connectivity index (χ2v) is 4.43. The molecule has 6 heteroatoms. The van der Waals surface area contributed by atoms with E-state index >= 15 is 0 Å². The summed E-state index contributed by atoms with van der Waals surface area (Å²) in [4.78, 5) is 16.6. The fourth-order valence-corrected chi connectivity index (χ4v) is 2.01. The van der Waals surface area contributed by atoms with Crippen LogP contribution in [-0.2, 0) is 13.6 Å². The van der Waals surface area contributed by atoms with Crippen molar-refractivity contribution in [3.63, 3.8) is 0 Å². The van der Waals surface area contributed by atoms with Gasteiger partial charge in [0.15, 0.2) is 0 Å². The van der Waals surface area contributed by atoms with Crippen molar-refractivity contribution >= 4 is 16.6 Å². The van der Waals surface area contributed by atoms with Gasteiger partial charge in [-0.2, -0.15) is 5.10 Å². The highest BCUT2D eigenvalue weighted by molar-refractivity contribution is 5.80. The summed E-state index contributed by atoms with van der Waals surface area (Å²) in [5.41, 5.74) is 7.62. The third-order valence-corrected chi connectivity index (χ3v) is 2.95. The van der Waals surface area contributed by atoms with E-state index < -0.39 is 0 Å². The van der Waals surface area contributed by atoms with Crippen LogP contribution in [-0.4, -0.2) is 19.3 Å². The zero-order chi connectivity index (χ0) is 13.4. The summed E-state index contributed by atoms with van der Waals surface area (Å²) in [6, 6.07) is 7.00. The highest BCUT2D eigenvalue weighted by atomic mass is 16.1. The summed E-state index contributed by atoms with van der Waals surface area (Å²) in [6.45, 7) is 0.400. The summed E-state index contributed by atoms with van der Waals surface area (Å²) >= 11 is 0. The number of aromatic nitrogens is 4. The van der Waals surface area contributed by atoms with E-state index in [-0.39, 0.29) is 5.56 Å². The van der Waals surface area contributed by atoms with Crippen molar-refractivity contribution in [2.45, 2.75) is 6.54 Å². The van der Waals surface area contributed by atoms with Gasteiger partial charge in [-0.25, -0.2) is 4.98 Å². The van der Waals surface area contributed by atoms with E-state index in [4.69, 9.17) is 5.73 Å². The van der Waals surface area contributed by atoms with Crippen LogP contribution in [0, 0.1) is 0 Å². The van der Waals surface area contributed by atoms with Crippen LogP contribution < -0.4 is 11.3 Å². The monoisotopic (exact) mass is 255 g/mol.